The molecule has 0 spiro atoms. The number of carbonyl (C=O) groups excluding carboxylic acids is 1. The van der Waals surface area contributed by atoms with Crippen molar-refractivity contribution in [2.45, 2.75) is 40.0 Å². The zero-order valence-corrected chi connectivity index (χ0v) is 14.3. The molecule has 4 rings (SSSR count). The first kappa shape index (κ1) is 16.0. The summed E-state index contributed by atoms with van der Waals surface area (Å²) < 4.78 is 10.5. The average molecular weight is 316 g/mol. The van der Waals surface area contributed by atoms with Crippen LogP contribution in [0.3, 0.4) is 0 Å². The molecule has 1 fully saturated rings. The summed E-state index contributed by atoms with van der Waals surface area (Å²) in [7, 11) is 1.49. The summed E-state index contributed by atoms with van der Waals surface area (Å²) in [6.45, 7) is 6.83. The fourth-order valence-electron chi connectivity index (χ4n) is 3.84. The molecule has 0 N–H and O–H groups in total. The number of hydrogen-bond donors (Lipinski definition) is 0. The third kappa shape index (κ3) is 2.84. The first-order valence-corrected chi connectivity index (χ1v) is 8.17. The van der Waals surface area contributed by atoms with Crippen molar-refractivity contribution in [2.75, 3.05) is 13.7 Å². The highest BCUT2D eigenvalue weighted by molar-refractivity contribution is 5.91. The quantitative estimate of drug-likeness (QED) is 0.616. The van der Waals surface area contributed by atoms with Crippen LogP contribution in [0.5, 0.6) is 5.88 Å². The summed E-state index contributed by atoms with van der Waals surface area (Å²) >= 11 is 0. The van der Waals surface area contributed by atoms with Crippen LogP contribution in [0.25, 0.3) is 0 Å². The molecule has 1 aromatic rings. The number of methoxy groups -OCH3 is 1. The van der Waals surface area contributed by atoms with Crippen LogP contribution in [-0.2, 0) is 4.74 Å². The molecule has 3 aliphatic rings. The second-order valence-electron chi connectivity index (χ2n) is 7.05. The molecular weight excluding hydrogens is 292 g/mol. The Morgan fingerprint density at radius 3 is 2.87 bits per heavy atom. The number of carbonyl (C=O) groups is 1. The Kier molecular flexibility index (Phi) is 4.13. The van der Waals surface area contributed by atoms with Gasteiger partial charge in [0, 0.05) is 12.6 Å². The van der Waals surface area contributed by atoms with Gasteiger partial charge < -0.3 is 9.47 Å². The number of nitrogens with zero attached hydrogens (tertiary/aromatic N) is 2. The molecule has 3 aliphatic carbocycles. The molecule has 2 atom stereocenters. The Morgan fingerprint density at radius 2 is 2.22 bits per heavy atom. The highest BCUT2D eigenvalue weighted by atomic mass is 16.5. The van der Waals surface area contributed by atoms with Crippen LogP contribution in [0.4, 0.5) is 0 Å². The highest BCUT2D eigenvalue weighted by Gasteiger charge is 2.50. The Bertz CT molecular complexity index is 652. The van der Waals surface area contributed by atoms with E-state index in [1.54, 1.807) is 6.92 Å². The Morgan fingerprint density at radius 1 is 1.43 bits per heavy atom. The van der Waals surface area contributed by atoms with E-state index < -0.39 is 5.97 Å². The van der Waals surface area contributed by atoms with E-state index in [1.165, 1.54) is 25.3 Å². The number of fused-ring (bicyclic) bond motifs is 1. The van der Waals surface area contributed by atoms with Gasteiger partial charge in [0.1, 0.15) is 11.4 Å². The van der Waals surface area contributed by atoms with E-state index in [4.69, 9.17) is 9.47 Å². The number of esters is 1. The van der Waals surface area contributed by atoms with Crippen molar-refractivity contribution in [3.8, 4) is 5.88 Å². The van der Waals surface area contributed by atoms with Crippen LogP contribution in [0.1, 0.15) is 49.3 Å². The van der Waals surface area contributed by atoms with Crippen LogP contribution < -0.4 is 4.74 Å². The average Bonchev–Trinajstić information content (AvgIpc) is 2.54. The number of allylic oxidation sites excluding steroid dienone is 1. The maximum absolute atomic E-state index is 12.2. The van der Waals surface area contributed by atoms with Gasteiger partial charge in [-0.3, -0.25) is 0 Å². The maximum Gasteiger partial charge on any atom is 0.345 e. The SMILES string of the molecule is COc1nc(C)ncc1C(=O)OCCC1=CC[C@H]2C[C@@H]1C2(C)C. The third-order valence-corrected chi connectivity index (χ3v) is 5.49. The van der Waals surface area contributed by atoms with E-state index in [-0.39, 0.29) is 11.4 Å². The van der Waals surface area contributed by atoms with Gasteiger partial charge in [-0.2, -0.15) is 4.98 Å². The van der Waals surface area contributed by atoms with Crippen molar-refractivity contribution in [2.24, 2.45) is 17.3 Å². The first-order chi connectivity index (χ1) is 10.9. The summed E-state index contributed by atoms with van der Waals surface area (Å²) in [5, 5.41) is 0. The molecule has 0 radical (unpaired) electrons. The van der Waals surface area contributed by atoms with Gasteiger partial charge in [-0.1, -0.05) is 25.5 Å². The molecular formula is C18H24N2O3. The lowest BCUT2D eigenvalue weighted by Crippen LogP contribution is -2.48. The monoisotopic (exact) mass is 316 g/mol. The Labute approximate surface area is 137 Å². The molecule has 23 heavy (non-hydrogen) atoms. The van der Waals surface area contributed by atoms with E-state index in [0.29, 0.717) is 23.8 Å². The molecule has 5 nitrogen and oxygen atoms in total. The van der Waals surface area contributed by atoms with Gasteiger partial charge >= 0.3 is 5.97 Å². The summed E-state index contributed by atoms with van der Waals surface area (Å²) in [5.41, 5.74) is 2.12. The minimum atomic E-state index is -0.427. The van der Waals surface area contributed by atoms with E-state index in [1.807, 2.05) is 0 Å². The standard InChI is InChI=1S/C18H24N2O3/c1-11-19-10-14(16(20-11)22-4)17(21)23-8-7-12-5-6-13-9-15(12)18(13,2)3/h5,10,13,15H,6-9H2,1-4H3/t13-,15-/m0/s1. The first-order valence-electron chi connectivity index (χ1n) is 8.17. The third-order valence-electron chi connectivity index (χ3n) is 5.49. The van der Waals surface area contributed by atoms with Gasteiger partial charge in [-0.05, 0) is 37.0 Å². The largest absolute Gasteiger partial charge is 0.480 e. The number of hydrogen-bond acceptors (Lipinski definition) is 5. The normalized spacial score (nSPS) is 24.4. The van der Waals surface area contributed by atoms with Crippen LogP contribution in [0, 0.1) is 24.2 Å². The topological polar surface area (TPSA) is 61.3 Å². The number of ether oxygens (including phenoxy) is 2. The molecule has 0 aromatic carbocycles. The molecule has 1 aromatic heterocycles. The van der Waals surface area contributed by atoms with Crippen LogP contribution in [0.2, 0.25) is 0 Å². The second-order valence-corrected chi connectivity index (χ2v) is 7.05. The summed E-state index contributed by atoms with van der Waals surface area (Å²) in [6, 6.07) is 0. The van der Waals surface area contributed by atoms with Crippen LogP contribution >= 0.6 is 0 Å². The van der Waals surface area contributed by atoms with Gasteiger partial charge in [0.05, 0.1) is 13.7 Å². The minimum absolute atomic E-state index is 0.266. The van der Waals surface area contributed by atoms with Crippen LogP contribution in [0.15, 0.2) is 17.8 Å². The lowest BCUT2D eigenvalue weighted by Gasteiger charge is -2.56. The predicted molar refractivity (Wildman–Crippen MR) is 86.3 cm³/mol. The summed E-state index contributed by atoms with van der Waals surface area (Å²) in [5.74, 6) is 1.88. The smallest absolute Gasteiger partial charge is 0.345 e. The zero-order chi connectivity index (χ0) is 16.6. The molecule has 0 amide bonds. The van der Waals surface area contributed by atoms with E-state index >= 15 is 0 Å². The zero-order valence-electron chi connectivity index (χ0n) is 14.3. The van der Waals surface area contributed by atoms with Gasteiger partial charge in [0.15, 0.2) is 0 Å². The summed E-state index contributed by atoms with van der Waals surface area (Å²) in [4.78, 5) is 20.3. The van der Waals surface area contributed by atoms with Gasteiger partial charge in [-0.25, -0.2) is 9.78 Å². The lowest BCUT2D eigenvalue weighted by atomic mass is 9.48. The van der Waals surface area contributed by atoms with Crippen molar-refractivity contribution < 1.29 is 14.3 Å². The molecule has 0 saturated heterocycles. The Balaban J connectivity index is 1.57. The van der Waals surface area contributed by atoms with Crippen molar-refractivity contribution in [1.29, 1.82) is 0 Å². The van der Waals surface area contributed by atoms with Gasteiger partial charge in [-0.15, -0.1) is 0 Å². The van der Waals surface area contributed by atoms with Crippen LogP contribution in [-0.4, -0.2) is 29.7 Å². The fourth-order valence-corrected chi connectivity index (χ4v) is 3.84. The molecule has 124 valence electrons. The summed E-state index contributed by atoms with van der Waals surface area (Å²) in [6.07, 6.45) is 7.05. The number of aryl methyl sites for hydroxylation is 1. The van der Waals surface area contributed by atoms with Crippen molar-refractivity contribution in [3.05, 3.63) is 29.2 Å². The number of rotatable bonds is 5. The van der Waals surface area contributed by atoms with E-state index in [0.717, 1.165) is 18.8 Å². The van der Waals surface area contributed by atoms with Gasteiger partial charge in [0.25, 0.3) is 0 Å². The lowest BCUT2D eigenvalue weighted by molar-refractivity contribution is -0.0103. The van der Waals surface area contributed by atoms with Gasteiger partial charge in [0.2, 0.25) is 5.88 Å². The van der Waals surface area contributed by atoms with E-state index in [9.17, 15) is 4.79 Å². The number of aromatic nitrogens is 2. The Hall–Kier alpha value is -1.91. The molecule has 0 aliphatic heterocycles. The fraction of sp³-hybridized carbons (Fsp3) is 0.611. The molecule has 1 saturated carbocycles. The predicted octanol–water partition coefficient (Wildman–Crippen LogP) is 3.33. The molecule has 1 heterocycles. The van der Waals surface area contributed by atoms with Crippen molar-refractivity contribution in [3.63, 3.8) is 0 Å². The molecule has 2 bridgehead atoms. The maximum atomic E-state index is 12.2. The second kappa shape index (κ2) is 5.95. The highest BCUT2D eigenvalue weighted by Crippen LogP contribution is 2.59. The molecule has 5 heteroatoms. The van der Waals surface area contributed by atoms with Crippen molar-refractivity contribution >= 4 is 5.97 Å². The molecule has 0 unspecified atom stereocenters. The minimum Gasteiger partial charge on any atom is -0.480 e. The van der Waals surface area contributed by atoms with E-state index in [2.05, 4.69) is 29.9 Å². The van der Waals surface area contributed by atoms with Crippen molar-refractivity contribution in [1.82, 2.24) is 9.97 Å².